The number of ether oxygens (including phenoxy) is 1. The van der Waals surface area contributed by atoms with E-state index in [1.807, 2.05) is 0 Å². The van der Waals surface area contributed by atoms with Crippen molar-refractivity contribution in [3.63, 3.8) is 0 Å². The minimum atomic E-state index is -0.346. The molecule has 7 heteroatoms. The summed E-state index contributed by atoms with van der Waals surface area (Å²) in [6, 6.07) is 6.87. The molecule has 0 atom stereocenters. The van der Waals surface area contributed by atoms with Crippen molar-refractivity contribution in [3.05, 3.63) is 40.6 Å². The first-order chi connectivity index (χ1) is 13.2. The molecule has 2 fully saturated rings. The van der Waals surface area contributed by atoms with Crippen LogP contribution in [0.1, 0.15) is 32.1 Å². The van der Waals surface area contributed by atoms with E-state index in [1.54, 1.807) is 30.5 Å². The van der Waals surface area contributed by atoms with Crippen LogP contribution in [0.25, 0.3) is 10.9 Å². The number of fused-ring (bicyclic) bond motifs is 1. The largest absolute Gasteiger partial charge is 0.381 e. The van der Waals surface area contributed by atoms with Gasteiger partial charge in [0, 0.05) is 37.6 Å². The topological polar surface area (TPSA) is 80.5 Å². The third-order valence-corrected chi connectivity index (χ3v) is 6.00. The summed E-state index contributed by atoms with van der Waals surface area (Å²) in [5.41, 5.74) is 1.70. The number of nitro benzene ring substituents is 1. The Morgan fingerprint density at radius 3 is 2.70 bits per heavy atom. The van der Waals surface area contributed by atoms with Gasteiger partial charge in [-0.15, -0.1) is 0 Å². The number of aromatic nitrogens is 1. The fourth-order valence-electron chi connectivity index (χ4n) is 4.44. The second-order valence-electron chi connectivity index (χ2n) is 7.53. The van der Waals surface area contributed by atoms with Crippen molar-refractivity contribution in [2.75, 3.05) is 38.2 Å². The van der Waals surface area contributed by atoms with Crippen molar-refractivity contribution in [3.8, 4) is 0 Å². The van der Waals surface area contributed by atoms with Gasteiger partial charge in [-0.05, 0) is 57.0 Å². The third kappa shape index (κ3) is 3.61. The van der Waals surface area contributed by atoms with Crippen molar-refractivity contribution >= 4 is 22.3 Å². The molecular formula is C20H26N4O3. The number of nitrogens with one attached hydrogen (secondary N) is 1. The number of benzene rings is 1. The fraction of sp³-hybridized carbons (Fsp3) is 0.550. The third-order valence-electron chi connectivity index (χ3n) is 6.00. The molecule has 3 heterocycles. The van der Waals surface area contributed by atoms with E-state index in [0.29, 0.717) is 10.9 Å². The van der Waals surface area contributed by atoms with Gasteiger partial charge in [0.2, 0.25) is 0 Å². The highest BCUT2D eigenvalue weighted by atomic mass is 16.6. The minimum Gasteiger partial charge on any atom is -0.381 e. The van der Waals surface area contributed by atoms with Gasteiger partial charge in [-0.1, -0.05) is 6.42 Å². The molecule has 4 rings (SSSR count). The van der Waals surface area contributed by atoms with E-state index in [-0.39, 0.29) is 16.1 Å². The number of non-ortho nitro benzene ring substituents is 1. The van der Waals surface area contributed by atoms with Crippen LogP contribution in [0.2, 0.25) is 0 Å². The summed E-state index contributed by atoms with van der Waals surface area (Å²) in [4.78, 5) is 18.0. The number of hydrogen-bond donors (Lipinski definition) is 1. The van der Waals surface area contributed by atoms with Gasteiger partial charge >= 0.3 is 0 Å². The summed E-state index contributed by atoms with van der Waals surface area (Å²) in [6.07, 6.45) is 7.53. The molecular weight excluding hydrogens is 344 g/mol. The number of hydrogen-bond acceptors (Lipinski definition) is 6. The molecule has 27 heavy (non-hydrogen) atoms. The smallest absolute Gasteiger partial charge is 0.278 e. The Kier molecular flexibility index (Phi) is 5.22. The molecule has 2 aliphatic rings. The lowest BCUT2D eigenvalue weighted by Gasteiger charge is -2.48. The van der Waals surface area contributed by atoms with E-state index in [2.05, 4.69) is 15.2 Å². The lowest BCUT2D eigenvalue weighted by Crippen LogP contribution is -2.57. The lowest BCUT2D eigenvalue weighted by molar-refractivity contribution is -0.383. The first-order valence-corrected chi connectivity index (χ1v) is 9.78. The average molecular weight is 370 g/mol. The molecule has 2 aliphatic heterocycles. The summed E-state index contributed by atoms with van der Waals surface area (Å²) >= 11 is 0. The number of piperidine rings is 1. The highest BCUT2D eigenvalue weighted by Crippen LogP contribution is 2.34. The van der Waals surface area contributed by atoms with Crippen LogP contribution in [0.4, 0.5) is 11.4 Å². The number of likely N-dealkylation sites (tertiary alicyclic amines) is 1. The van der Waals surface area contributed by atoms with Crippen LogP contribution in [0, 0.1) is 10.1 Å². The predicted molar refractivity (Wildman–Crippen MR) is 105 cm³/mol. The van der Waals surface area contributed by atoms with Gasteiger partial charge in [-0.2, -0.15) is 0 Å². The van der Waals surface area contributed by atoms with Crippen molar-refractivity contribution in [1.29, 1.82) is 0 Å². The maximum atomic E-state index is 11.3. The quantitative estimate of drug-likeness (QED) is 0.640. The molecule has 0 spiro atoms. The van der Waals surface area contributed by atoms with E-state index in [1.165, 1.54) is 19.3 Å². The van der Waals surface area contributed by atoms with Crippen LogP contribution < -0.4 is 5.32 Å². The van der Waals surface area contributed by atoms with E-state index < -0.39 is 0 Å². The zero-order chi connectivity index (χ0) is 18.7. The van der Waals surface area contributed by atoms with Crippen molar-refractivity contribution in [2.45, 2.75) is 37.6 Å². The first-order valence-electron chi connectivity index (χ1n) is 9.78. The molecule has 0 saturated carbocycles. The number of pyridine rings is 1. The maximum absolute atomic E-state index is 11.3. The predicted octanol–water partition coefficient (Wildman–Crippen LogP) is 3.59. The van der Waals surface area contributed by atoms with Crippen molar-refractivity contribution in [2.24, 2.45) is 0 Å². The molecule has 0 bridgehead atoms. The normalized spacial score (nSPS) is 20.4. The van der Waals surface area contributed by atoms with Gasteiger partial charge in [-0.25, -0.2) is 0 Å². The molecule has 0 aliphatic carbocycles. The Labute approximate surface area is 158 Å². The highest BCUT2D eigenvalue weighted by Gasteiger charge is 2.38. The molecule has 1 N–H and O–H groups in total. The van der Waals surface area contributed by atoms with Crippen LogP contribution in [0.15, 0.2) is 30.5 Å². The highest BCUT2D eigenvalue weighted by molar-refractivity contribution is 5.96. The van der Waals surface area contributed by atoms with Gasteiger partial charge in [0.15, 0.2) is 0 Å². The van der Waals surface area contributed by atoms with Gasteiger partial charge in [0.25, 0.3) is 5.69 Å². The summed E-state index contributed by atoms with van der Waals surface area (Å²) in [5.74, 6) is 0. The molecule has 0 unspecified atom stereocenters. The van der Waals surface area contributed by atoms with E-state index in [9.17, 15) is 10.1 Å². The summed E-state index contributed by atoms with van der Waals surface area (Å²) in [6.45, 7) is 4.66. The van der Waals surface area contributed by atoms with Crippen LogP contribution >= 0.6 is 0 Å². The minimum absolute atomic E-state index is 0.0849. The van der Waals surface area contributed by atoms with Crippen LogP contribution in [-0.4, -0.2) is 53.2 Å². The number of rotatable bonds is 5. The second-order valence-corrected chi connectivity index (χ2v) is 7.53. The van der Waals surface area contributed by atoms with Crippen molar-refractivity contribution < 1.29 is 9.66 Å². The summed E-state index contributed by atoms with van der Waals surface area (Å²) in [7, 11) is 0. The molecule has 1 aromatic heterocycles. The Bertz CT molecular complexity index is 814. The monoisotopic (exact) mass is 370 g/mol. The van der Waals surface area contributed by atoms with E-state index in [4.69, 9.17) is 4.74 Å². The number of nitrogens with zero attached hydrogens (tertiary/aromatic N) is 3. The molecule has 7 nitrogen and oxygen atoms in total. The van der Waals surface area contributed by atoms with Gasteiger partial charge in [0.1, 0.15) is 5.52 Å². The van der Waals surface area contributed by atoms with Crippen LogP contribution in [0.5, 0.6) is 0 Å². The van der Waals surface area contributed by atoms with Crippen molar-refractivity contribution in [1.82, 2.24) is 9.88 Å². The zero-order valence-corrected chi connectivity index (χ0v) is 15.5. The zero-order valence-electron chi connectivity index (χ0n) is 15.5. The summed E-state index contributed by atoms with van der Waals surface area (Å²) < 4.78 is 5.64. The molecule has 2 aromatic rings. The first kappa shape index (κ1) is 18.1. The summed E-state index contributed by atoms with van der Waals surface area (Å²) in [5, 5.41) is 15.5. The Balaban J connectivity index is 1.61. The van der Waals surface area contributed by atoms with Gasteiger partial charge in [-0.3, -0.25) is 20.0 Å². The molecule has 0 amide bonds. The lowest BCUT2D eigenvalue weighted by atomic mass is 9.86. The number of anilines is 1. The second kappa shape index (κ2) is 7.78. The van der Waals surface area contributed by atoms with Crippen LogP contribution in [0.3, 0.4) is 0 Å². The van der Waals surface area contributed by atoms with Crippen LogP contribution in [-0.2, 0) is 4.74 Å². The Morgan fingerprint density at radius 2 is 1.96 bits per heavy atom. The molecule has 0 radical (unpaired) electrons. The van der Waals surface area contributed by atoms with E-state index in [0.717, 1.165) is 51.4 Å². The molecule has 1 aromatic carbocycles. The molecule has 2 saturated heterocycles. The van der Waals surface area contributed by atoms with Gasteiger partial charge < -0.3 is 10.1 Å². The van der Waals surface area contributed by atoms with E-state index >= 15 is 0 Å². The fourth-order valence-corrected chi connectivity index (χ4v) is 4.44. The SMILES string of the molecule is O=[N+]([O-])c1ccc(NCC2(N3CCCCC3)CCOCC2)c2ncccc12. The average Bonchev–Trinajstić information content (AvgIpc) is 2.73. The number of nitro groups is 1. The molecule has 144 valence electrons. The van der Waals surface area contributed by atoms with Gasteiger partial charge in [0.05, 0.1) is 16.0 Å². The Morgan fingerprint density at radius 1 is 1.19 bits per heavy atom. The maximum Gasteiger partial charge on any atom is 0.278 e. The standard InChI is InChI=1S/C20H26N4O3/c25-24(26)18-7-6-17(19-16(18)5-4-10-21-19)22-15-20(8-13-27-14-9-20)23-11-2-1-3-12-23/h4-7,10,22H,1-3,8-9,11-15H2. The Hall–Kier alpha value is -2.25.